The number of hydrogen-bond acceptors (Lipinski definition) is 5. The number of amides is 2. The summed E-state index contributed by atoms with van der Waals surface area (Å²) in [5.41, 5.74) is 1.58. The zero-order chi connectivity index (χ0) is 23.5. The second-order valence-corrected chi connectivity index (χ2v) is 7.41. The Labute approximate surface area is 192 Å². The Hall–Kier alpha value is -3.59. The van der Waals surface area contributed by atoms with Crippen LogP contribution in [0.4, 0.5) is 11.4 Å². The van der Waals surface area contributed by atoms with Gasteiger partial charge in [0.2, 0.25) is 5.91 Å². The Balaban J connectivity index is 1.98. The number of non-ortho nitro benzene ring substituents is 1. The lowest BCUT2D eigenvalue weighted by Crippen LogP contribution is -2.33. The molecule has 0 aliphatic carbocycles. The van der Waals surface area contributed by atoms with Gasteiger partial charge in [-0.15, -0.1) is 0 Å². The summed E-state index contributed by atoms with van der Waals surface area (Å²) in [6.45, 7) is 5.44. The molecule has 0 bridgehead atoms. The molecule has 0 heterocycles. The molecule has 2 N–H and O–H groups in total. The second kappa shape index (κ2) is 12.3. The van der Waals surface area contributed by atoms with Crippen molar-refractivity contribution in [3.05, 3.63) is 75.8 Å². The summed E-state index contributed by atoms with van der Waals surface area (Å²) in [5.74, 6) is -0.537. The summed E-state index contributed by atoms with van der Waals surface area (Å²) in [4.78, 5) is 37.0. The molecular formula is C23H26N4O4S. The van der Waals surface area contributed by atoms with E-state index in [1.165, 1.54) is 24.3 Å². The SMILES string of the molecule is CCCN(CCC)C(=O)c1cccc(NC(=S)NC(=O)/C=C/c2cccc([N+](=O)[O-])c2)c1. The van der Waals surface area contributed by atoms with Crippen LogP contribution in [0.15, 0.2) is 54.6 Å². The van der Waals surface area contributed by atoms with E-state index in [1.807, 2.05) is 18.7 Å². The van der Waals surface area contributed by atoms with E-state index >= 15 is 0 Å². The number of thiocarbonyl (C=S) groups is 1. The van der Waals surface area contributed by atoms with E-state index in [0.29, 0.717) is 29.9 Å². The predicted octanol–water partition coefficient (Wildman–Crippen LogP) is 4.38. The lowest BCUT2D eigenvalue weighted by atomic mass is 10.1. The summed E-state index contributed by atoms with van der Waals surface area (Å²) >= 11 is 5.18. The highest BCUT2D eigenvalue weighted by Crippen LogP contribution is 2.15. The van der Waals surface area contributed by atoms with Crippen molar-refractivity contribution < 1.29 is 14.5 Å². The number of benzene rings is 2. The summed E-state index contributed by atoms with van der Waals surface area (Å²) in [5, 5.41) is 16.3. The molecule has 9 heteroatoms. The normalized spacial score (nSPS) is 10.6. The third-order valence-corrected chi connectivity index (χ3v) is 4.59. The maximum absolute atomic E-state index is 12.8. The van der Waals surface area contributed by atoms with Gasteiger partial charge in [0.1, 0.15) is 0 Å². The molecule has 0 aromatic heterocycles. The molecule has 2 aromatic rings. The van der Waals surface area contributed by atoms with Crippen molar-refractivity contribution in [2.24, 2.45) is 0 Å². The number of nitrogens with zero attached hydrogens (tertiary/aromatic N) is 2. The summed E-state index contributed by atoms with van der Waals surface area (Å²) < 4.78 is 0. The molecule has 0 atom stereocenters. The average molecular weight is 455 g/mol. The molecule has 0 saturated carbocycles. The quantitative estimate of drug-likeness (QED) is 0.252. The Morgan fingerprint density at radius 3 is 2.44 bits per heavy atom. The standard InChI is InChI=1S/C23H26N4O4S/c1-3-13-26(14-4-2)22(29)18-8-6-9-19(16-18)24-23(32)25-21(28)12-11-17-7-5-10-20(15-17)27(30)31/h5-12,15-16H,3-4,13-14H2,1-2H3,(H2,24,25,28,32)/b12-11+. The molecule has 0 spiro atoms. The molecule has 168 valence electrons. The summed E-state index contributed by atoms with van der Waals surface area (Å²) in [6.07, 6.45) is 4.45. The van der Waals surface area contributed by atoms with Gasteiger partial charge in [0.05, 0.1) is 4.92 Å². The topological polar surface area (TPSA) is 105 Å². The maximum atomic E-state index is 12.8. The molecule has 0 aliphatic heterocycles. The average Bonchev–Trinajstić information content (AvgIpc) is 2.77. The van der Waals surface area contributed by atoms with Gasteiger partial charge in [-0.2, -0.15) is 0 Å². The van der Waals surface area contributed by atoms with Crippen LogP contribution in [-0.4, -0.2) is 39.8 Å². The first-order valence-corrected chi connectivity index (χ1v) is 10.7. The van der Waals surface area contributed by atoms with Gasteiger partial charge in [-0.3, -0.25) is 25.0 Å². The van der Waals surface area contributed by atoms with E-state index in [2.05, 4.69) is 10.6 Å². The fourth-order valence-electron chi connectivity index (χ4n) is 3.00. The number of nitro groups is 1. The number of nitro benzene ring substituents is 1. The Morgan fingerprint density at radius 2 is 1.78 bits per heavy atom. The van der Waals surface area contributed by atoms with Crippen molar-refractivity contribution in [3.8, 4) is 0 Å². The highest BCUT2D eigenvalue weighted by atomic mass is 32.1. The number of carbonyl (C=O) groups excluding carboxylic acids is 2. The molecule has 32 heavy (non-hydrogen) atoms. The maximum Gasteiger partial charge on any atom is 0.270 e. The number of anilines is 1. The number of carbonyl (C=O) groups is 2. The Bertz CT molecular complexity index is 1020. The van der Waals surface area contributed by atoms with Crippen LogP contribution >= 0.6 is 12.2 Å². The van der Waals surface area contributed by atoms with E-state index in [9.17, 15) is 19.7 Å². The molecule has 0 fully saturated rings. The van der Waals surface area contributed by atoms with Crippen molar-refractivity contribution in [2.75, 3.05) is 18.4 Å². The van der Waals surface area contributed by atoms with E-state index < -0.39 is 10.8 Å². The third-order valence-electron chi connectivity index (χ3n) is 4.39. The fourth-order valence-corrected chi connectivity index (χ4v) is 3.22. The molecule has 0 radical (unpaired) electrons. The van der Waals surface area contributed by atoms with Gasteiger partial charge in [-0.1, -0.05) is 32.0 Å². The summed E-state index contributed by atoms with van der Waals surface area (Å²) in [7, 11) is 0. The molecular weight excluding hydrogens is 428 g/mol. The van der Waals surface area contributed by atoms with Crippen LogP contribution in [0.2, 0.25) is 0 Å². The smallest absolute Gasteiger partial charge is 0.270 e. The number of rotatable bonds is 9. The van der Waals surface area contributed by atoms with Gasteiger partial charge >= 0.3 is 0 Å². The molecule has 0 aliphatic rings. The van der Waals surface area contributed by atoms with Crippen LogP contribution < -0.4 is 10.6 Å². The first kappa shape index (κ1) is 24.7. The van der Waals surface area contributed by atoms with Crippen LogP contribution in [0.25, 0.3) is 6.08 Å². The van der Waals surface area contributed by atoms with E-state index in [4.69, 9.17) is 12.2 Å². The molecule has 0 saturated heterocycles. The van der Waals surface area contributed by atoms with Crippen LogP contribution in [0.5, 0.6) is 0 Å². The highest BCUT2D eigenvalue weighted by molar-refractivity contribution is 7.80. The zero-order valence-electron chi connectivity index (χ0n) is 18.0. The molecule has 0 unspecified atom stereocenters. The van der Waals surface area contributed by atoms with Crippen LogP contribution in [0.1, 0.15) is 42.6 Å². The van der Waals surface area contributed by atoms with E-state index in [-0.39, 0.29) is 16.7 Å². The van der Waals surface area contributed by atoms with Crippen LogP contribution in [0, 0.1) is 10.1 Å². The summed E-state index contributed by atoms with van der Waals surface area (Å²) in [6, 6.07) is 12.9. The zero-order valence-corrected chi connectivity index (χ0v) is 18.9. The minimum atomic E-state index is -0.501. The predicted molar refractivity (Wildman–Crippen MR) is 129 cm³/mol. The van der Waals surface area contributed by atoms with Gasteiger partial charge in [-0.05, 0) is 54.9 Å². The molecule has 8 nitrogen and oxygen atoms in total. The third kappa shape index (κ3) is 7.59. The lowest BCUT2D eigenvalue weighted by Gasteiger charge is -2.21. The second-order valence-electron chi connectivity index (χ2n) is 7.00. The number of nitrogens with one attached hydrogen (secondary N) is 2. The monoisotopic (exact) mass is 454 g/mol. The van der Waals surface area contributed by atoms with Crippen molar-refractivity contribution in [1.82, 2.24) is 10.2 Å². The van der Waals surface area contributed by atoms with Gasteiger partial charge in [0, 0.05) is 42.5 Å². The fraction of sp³-hybridized carbons (Fsp3) is 0.261. The van der Waals surface area contributed by atoms with Crippen molar-refractivity contribution >= 4 is 46.6 Å². The first-order chi connectivity index (χ1) is 15.3. The molecule has 2 aromatic carbocycles. The number of hydrogen-bond donors (Lipinski definition) is 2. The van der Waals surface area contributed by atoms with Gasteiger partial charge < -0.3 is 10.2 Å². The molecule has 2 rings (SSSR count). The van der Waals surface area contributed by atoms with E-state index in [1.54, 1.807) is 36.4 Å². The Morgan fingerprint density at radius 1 is 1.09 bits per heavy atom. The largest absolute Gasteiger partial charge is 0.339 e. The van der Waals surface area contributed by atoms with Crippen molar-refractivity contribution in [2.45, 2.75) is 26.7 Å². The highest BCUT2D eigenvalue weighted by Gasteiger charge is 2.15. The minimum Gasteiger partial charge on any atom is -0.339 e. The van der Waals surface area contributed by atoms with Crippen LogP contribution in [-0.2, 0) is 4.79 Å². The van der Waals surface area contributed by atoms with Crippen LogP contribution in [0.3, 0.4) is 0 Å². The van der Waals surface area contributed by atoms with Gasteiger partial charge in [0.25, 0.3) is 11.6 Å². The molecule has 2 amide bonds. The van der Waals surface area contributed by atoms with Gasteiger partial charge in [-0.25, -0.2) is 0 Å². The van der Waals surface area contributed by atoms with Crippen molar-refractivity contribution in [1.29, 1.82) is 0 Å². The Kier molecular flexibility index (Phi) is 9.49. The lowest BCUT2D eigenvalue weighted by molar-refractivity contribution is -0.384. The van der Waals surface area contributed by atoms with Crippen molar-refractivity contribution in [3.63, 3.8) is 0 Å². The van der Waals surface area contributed by atoms with E-state index in [0.717, 1.165) is 12.8 Å². The van der Waals surface area contributed by atoms with Gasteiger partial charge in [0.15, 0.2) is 5.11 Å². The minimum absolute atomic E-state index is 0.0489. The first-order valence-electron chi connectivity index (χ1n) is 10.3.